The van der Waals surface area contributed by atoms with E-state index in [4.69, 9.17) is 4.74 Å². The van der Waals surface area contributed by atoms with E-state index in [0.29, 0.717) is 17.7 Å². The predicted octanol–water partition coefficient (Wildman–Crippen LogP) is 6.96. The smallest absolute Gasteiger partial charge is 0.338 e. The zero-order valence-corrected chi connectivity index (χ0v) is 15.9. The topological polar surface area (TPSA) is 26.3 Å². The van der Waals surface area contributed by atoms with E-state index in [9.17, 15) is 4.79 Å². The van der Waals surface area contributed by atoms with Crippen molar-refractivity contribution < 1.29 is 9.53 Å². The van der Waals surface area contributed by atoms with Gasteiger partial charge in [0.05, 0.1) is 0 Å². The Morgan fingerprint density at radius 3 is 2.04 bits per heavy atom. The highest BCUT2D eigenvalue weighted by Crippen LogP contribution is 2.23. The van der Waals surface area contributed by atoms with E-state index < -0.39 is 0 Å². The van der Waals surface area contributed by atoms with Crippen LogP contribution in [0.15, 0.2) is 66.7 Å². The van der Waals surface area contributed by atoms with Crippen molar-refractivity contribution >= 4 is 5.97 Å². The van der Waals surface area contributed by atoms with Gasteiger partial charge in [0.15, 0.2) is 0 Å². The lowest BCUT2D eigenvalue weighted by Gasteiger charge is -2.08. The van der Waals surface area contributed by atoms with Gasteiger partial charge >= 0.3 is 5.97 Å². The van der Waals surface area contributed by atoms with Crippen LogP contribution in [0.1, 0.15) is 58.3 Å². The summed E-state index contributed by atoms with van der Waals surface area (Å²) >= 11 is 0. The Hall–Kier alpha value is -2.35. The largest absolute Gasteiger partial charge is 0.423 e. The van der Waals surface area contributed by atoms with Crippen molar-refractivity contribution in [1.29, 1.82) is 0 Å². The van der Waals surface area contributed by atoms with Crippen molar-refractivity contribution in [3.05, 3.63) is 66.7 Å². The van der Waals surface area contributed by atoms with E-state index in [2.05, 4.69) is 25.6 Å². The van der Waals surface area contributed by atoms with Gasteiger partial charge in [0.2, 0.25) is 0 Å². The highest BCUT2D eigenvalue weighted by Gasteiger charge is 2.10. The van der Waals surface area contributed by atoms with Crippen molar-refractivity contribution in [2.75, 3.05) is 0 Å². The maximum absolute atomic E-state index is 12.2. The molecule has 0 bridgehead atoms. The minimum atomic E-state index is -0.316. The van der Waals surface area contributed by atoms with Gasteiger partial charge in [-0.2, -0.15) is 0 Å². The summed E-state index contributed by atoms with van der Waals surface area (Å²) in [5.41, 5.74) is 2.81. The van der Waals surface area contributed by atoms with Gasteiger partial charge in [-0.1, -0.05) is 94.5 Å². The molecule has 2 aromatic carbocycles. The van der Waals surface area contributed by atoms with Gasteiger partial charge < -0.3 is 4.74 Å². The molecule has 0 aliphatic carbocycles. The second-order valence-corrected chi connectivity index (χ2v) is 6.75. The molecule has 0 atom stereocenters. The van der Waals surface area contributed by atoms with E-state index in [1.807, 2.05) is 42.5 Å². The molecule has 2 rings (SSSR count). The van der Waals surface area contributed by atoms with Crippen molar-refractivity contribution in [2.24, 2.45) is 0 Å². The zero-order chi connectivity index (χ0) is 18.6. The fraction of sp³-hybridized carbons (Fsp3) is 0.375. The molecule has 0 saturated heterocycles. The highest BCUT2D eigenvalue weighted by molar-refractivity contribution is 5.89. The molecule has 0 aliphatic rings. The number of hydrogen-bond donors (Lipinski definition) is 0. The van der Waals surface area contributed by atoms with Crippen molar-refractivity contribution in [1.82, 2.24) is 0 Å². The normalized spacial score (nSPS) is 10.5. The number of ether oxygens (including phenoxy) is 1. The molecule has 0 unspecified atom stereocenters. The van der Waals surface area contributed by atoms with E-state index in [1.54, 1.807) is 0 Å². The number of carbonyl (C=O) groups is 1. The monoisotopic (exact) mass is 350 g/mol. The van der Waals surface area contributed by atoms with Gasteiger partial charge in [-0.15, -0.1) is 0 Å². The van der Waals surface area contributed by atoms with Crippen LogP contribution in [0.4, 0.5) is 0 Å². The van der Waals surface area contributed by atoms with Crippen LogP contribution < -0.4 is 4.74 Å². The average molecular weight is 351 g/mol. The Bertz CT molecular complexity index is 671. The molecule has 0 heterocycles. The quantitative estimate of drug-likeness (QED) is 0.189. The Kier molecular flexibility index (Phi) is 8.68. The molecule has 0 N–H and O–H groups in total. The SMILES string of the molecule is C=C(CCCCCCCCC)C(=O)Oc1ccc(-c2ccccc2)cc1. The summed E-state index contributed by atoms with van der Waals surface area (Å²) in [7, 11) is 0. The summed E-state index contributed by atoms with van der Waals surface area (Å²) in [5.74, 6) is 0.249. The van der Waals surface area contributed by atoms with Gasteiger partial charge in [0.1, 0.15) is 5.75 Å². The second kappa shape index (κ2) is 11.3. The number of rotatable bonds is 11. The van der Waals surface area contributed by atoms with Crippen molar-refractivity contribution in [3.8, 4) is 16.9 Å². The lowest BCUT2D eigenvalue weighted by Crippen LogP contribution is -2.10. The Labute approximate surface area is 157 Å². The van der Waals surface area contributed by atoms with E-state index in [-0.39, 0.29) is 5.97 Å². The van der Waals surface area contributed by atoms with Gasteiger partial charge in [0.25, 0.3) is 0 Å². The van der Waals surface area contributed by atoms with Crippen LogP contribution in [-0.4, -0.2) is 5.97 Å². The van der Waals surface area contributed by atoms with Gasteiger partial charge in [-0.25, -0.2) is 4.79 Å². The van der Waals surface area contributed by atoms with Crippen LogP contribution in [-0.2, 0) is 4.79 Å². The van der Waals surface area contributed by atoms with Crippen LogP contribution in [0.25, 0.3) is 11.1 Å². The van der Waals surface area contributed by atoms with Crippen LogP contribution in [0.2, 0.25) is 0 Å². The average Bonchev–Trinajstić information content (AvgIpc) is 2.68. The fourth-order valence-corrected chi connectivity index (χ4v) is 2.92. The van der Waals surface area contributed by atoms with E-state index in [1.165, 1.54) is 32.1 Å². The first-order chi connectivity index (χ1) is 12.7. The molecule has 0 fully saturated rings. The molecule has 0 aliphatic heterocycles. The molecule has 2 nitrogen and oxygen atoms in total. The summed E-state index contributed by atoms with van der Waals surface area (Å²) in [6.07, 6.45) is 9.32. The number of unbranched alkanes of at least 4 members (excludes halogenated alkanes) is 6. The Morgan fingerprint density at radius 2 is 1.38 bits per heavy atom. The second-order valence-electron chi connectivity index (χ2n) is 6.75. The molecule has 2 aromatic rings. The lowest BCUT2D eigenvalue weighted by molar-refractivity contribution is -0.130. The molecule has 26 heavy (non-hydrogen) atoms. The molecular weight excluding hydrogens is 320 g/mol. The van der Waals surface area contributed by atoms with Crippen LogP contribution in [0.3, 0.4) is 0 Å². The third-order valence-corrected chi connectivity index (χ3v) is 4.54. The van der Waals surface area contributed by atoms with Gasteiger partial charge in [-0.05, 0) is 36.1 Å². The number of hydrogen-bond acceptors (Lipinski definition) is 2. The predicted molar refractivity (Wildman–Crippen MR) is 109 cm³/mol. The van der Waals surface area contributed by atoms with Crippen LogP contribution >= 0.6 is 0 Å². The molecular formula is C24H30O2. The number of esters is 1. The molecule has 2 heteroatoms. The summed E-state index contributed by atoms with van der Waals surface area (Å²) in [6, 6.07) is 17.7. The first kappa shape index (κ1) is 20.0. The molecule has 0 saturated carbocycles. The molecule has 0 amide bonds. The minimum Gasteiger partial charge on any atom is -0.423 e. The van der Waals surface area contributed by atoms with Crippen molar-refractivity contribution in [2.45, 2.75) is 58.3 Å². The van der Waals surface area contributed by atoms with E-state index >= 15 is 0 Å². The van der Waals surface area contributed by atoms with Gasteiger partial charge in [0, 0.05) is 5.57 Å². The third kappa shape index (κ3) is 6.87. The molecule has 138 valence electrons. The molecule has 0 aromatic heterocycles. The summed E-state index contributed by atoms with van der Waals surface area (Å²) < 4.78 is 5.44. The lowest BCUT2D eigenvalue weighted by atomic mass is 10.1. The fourth-order valence-electron chi connectivity index (χ4n) is 2.92. The maximum atomic E-state index is 12.2. The first-order valence-corrected chi connectivity index (χ1v) is 9.76. The first-order valence-electron chi connectivity index (χ1n) is 9.76. The standard InChI is InChI=1S/C24H30O2/c1-3-4-5-6-7-8-10-13-20(2)24(25)26-23-18-16-22(17-19-23)21-14-11-9-12-15-21/h9,11-12,14-19H,2-8,10,13H2,1H3. The number of carbonyl (C=O) groups excluding carboxylic acids is 1. The summed E-state index contributed by atoms with van der Waals surface area (Å²) in [6.45, 7) is 6.12. The molecule has 0 spiro atoms. The summed E-state index contributed by atoms with van der Waals surface area (Å²) in [5, 5.41) is 0. The Balaban J connectivity index is 1.72. The van der Waals surface area contributed by atoms with Crippen LogP contribution in [0.5, 0.6) is 5.75 Å². The summed E-state index contributed by atoms with van der Waals surface area (Å²) in [4.78, 5) is 12.2. The van der Waals surface area contributed by atoms with E-state index in [0.717, 1.165) is 24.0 Å². The Morgan fingerprint density at radius 1 is 0.808 bits per heavy atom. The highest BCUT2D eigenvalue weighted by atomic mass is 16.5. The van der Waals surface area contributed by atoms with Gasteiger partial charge in [-0.3, -0.25) is 0 Å². The zero-order valence-electron chi connectivity index (χ0n) is 15.9. The third-order valence-electron chi connectivity index (χ3n) is 4.54. The minimum absolute atomic E-state index is 0.316. The number of benzene rings is 2. The molecule has 0 radical (unpaired) electrons. The van der Waals surface area contributed by atoms with Crippen LogP contribution in [0, 0.1) is 0 Å². The van der Waals surface area contributed by atoms with Crippen molar-refractivity contribution in [3.63, 3.8) is 0 Å². The maximum Gasteiger partial charge on any atom is 0.338 e.